The van der Waals surface area contributed by atoms with Crippen LogP contribution >= 0.6 is 11.6 Å². The summed E-state index contributed by atoms with van der Waals surface area (Å²) in [6, 6.07) is 12.8. The van der Waals surface area contributed by atoms with E-state index >= 15 is 0 Å². The summed E-state index contributed by atoms with van der Waals surface area (Å²) in [6.45, 7) is 0.475. The molecule has 3 heterocycles. The summed E-state index contributed by atoms with van der Waals surface area (Å²) in [5.41, 5.74) is 0.287. The van der Waals surface area contributed by atoms with Crippen molar-refractivity contribution in [3.8, 4) is 17.1 Å². The lowest BCUT2D eigenvalue weighted by Crippen LogP contribution is -2.41. The molecule has 1 fully saturated rings. The third kappa shape index (κ3) is 5.78. The Labute approximate surface area is 230 Å². The topological polar surface area (TPSA) is 120 Å². The zero-order chi connectivity index (χ0) is 28.4. The average Bonchev–Trinajstić information content (AvgIpc) is 3.53. The van der Waals surface area contributed by atoms with Crippen LogP contribution in [0.1, 0.15) is 16.2 Å². The molecule has 1 atom stereocenters. The quantitative estimate of drug-likeness (QED) is 0.358. The third-order valence-electron chi connectivity index (χ3n) is 6.27. The Hall–Kier alpha value is -4.01. The molecular weight excluding hydrogens is 555 g/mol. The van der Waals surface area contributed by atoms with E-state index in [4.69, 9.17) is 16.3 Å². The molecule has 0 bridgehead atoms. The van der Waals surface area contributed by atoms with E-state index in [9.17, 15) is 27.9 Å². The second kappa shape index (κ2) is 11.2. The van der Waals surface area contributed by atoms with Crippen molar-refractivity contribution in [3.63, 3.8) is 0 Å². The molecule has 40 heavy (non-hydrogen) atoms. The van der Waals surface area contributed by atoms with Crippen LogP contribution in [0.15, 0.2) is 59.7 Å². The molecule has 0 radical (unpaired) electrons. The van der Waals surface area contributed by atoms with Crippen molar-refractivity contribution in [1.29, 1.82) is 0 Å². The van der Waals surface area contributed by atoms with Crippen LogP contribution in [-0.4, -0.2) is 83.6 Å². The molecule has 11 nitrogen and oxygen atoms in total. The third-order valence-corrected chi connectivity index (χ3v) is 6.52. The Bertz CT molecular complexity index is 1560. The number of aromatic nitrogens is 6. The Balaban J connectivity index is 1.45. The van der Waals surface area contributed by atoms with Gasteiger partial charge in [0.25, 0.3) is 5.91 Å². The number of aliphatic hydroxyl groups excluding tert-OH is 1. The highest BCUT2D eigenvalue weighted by atomic mass is 35.5. The van der Waals surface area contributed by atoms with E-state index in [1.165, 1.54) is 35.3 Å². The lowest BCUT2D eigenvalue weighted by molar-refractivity contribution is -0.207. The fourth-order valence-corrected chi connectivity index (χ4v) is 4.33. The van der Waals surface area contributed by atoms with Crippen molar-refractivity contribution in [2.45, 2.75) is 25.4 Å². The van der Waals surface area contributed by atoms with Crippen LogP contribution < -0.4 is 5.69 Å². The number of benzene rings is 2. The number of nitrogens with zero attached hydrogens (tertiary/aromatic N) is 7. The zero-order valence-corrected chi connectivity index (χ0v) is 21.6. The largest absolute Gasteiger partial charge is 0.416 e. The van der Waals surface area contributed by atoms with Gasteiger partial charge in [0, 0.05) is 23.7 Å². The molecule has 1 amide bonds. The normalized spacial score (nSPS) is 14.9. The van der Waals surface area contributed by atoms with Crippen LogP contribution in [0, 0.1) is 0 Å². The van der Waals surface area contributed by atoms with Gasteiger partial charge in [0.2, 0.25) is 0 Å². The van der Waals surface area contributed by atoms with Crippen molar-refractivity contribution in [3.05, 3.63) is 81.8 Å². The maximum absolute atomic E-state index is 13.1. The summed E-state index contributed by atoms with van der Waals surface area (Å²) in [7, 11) is 0. The van der Waals surface area contributed by atoms with E-state index < -0.39 is 24.5 Å². The number of carbonyl (C=O) groups is 1. The van der Waals surface area contributed by atoms with E-state index in [0.29, 0.717) is 48.1 Å². The number of para-hydroxylation sites is 1. The first-order valence-electron chi connectivity index (χ1n) is 12.2. The van der Waals surface area contributed by atoms with Crippen LogP contribution in [0.4, 0.5) is 13.2 Å². The van der Waals surface area contributed by atoms with Crippen molar-refractivity contribution >= 4 is 17.5 Å². The number of rotatable bonds is 7. The van der Waals surface area contributed by atoms with Crippen molar-refractivity contribution in [1.82, 2.24) is 34.0 Å². The average molecular weight is 578 g/mol. The van der Waals surface area contributed by atoms with Gasteiger partial charge in [-0.15, -0.1) is 10.2 Å². The van der Waals surface area contributed by atoms with Gasteiger partial charge < -0.3 is 14.7 Å². The first-order valence-corrected chi connectivity index (χ1v) is 12.5. The number of hydrogen-bond donors (Lipinski definition) is 1. The molecule has 0 spiro atoms. The Morgan fingerprint density at radius 1 is 1.07 bits per heavy atom. The predicted molar refractivity (Wildman–Crippen MR) is 136 cm³/mol. The van der Waals surface area contributed by atoms with Gasteiger partial charge in [-0.3, -0.25) is 9.36 Å². The molecule has 210 valence electrons. The SMILES string of the molecule is O=C(c1ccccc1-n1cnc(Cn2nc(-c3ccc(Cl)cc3)n(C[C@H](O)C(F)(F)F)c2=O)n1)N1CCOCC1. The fraction of sp³-hybridized carbons (Fsp3) is 0.320. The maximum atomic E-state index is 13.1. The summed E-state index contributed by atoms with van der Waals surface area (Å²) in [6.07, 6.45) is -6.35. The number of morpholine rings is 1. The van der Waals surface area contributed by atoms with Crippen molar-refractivity contribution < 1.29 is 27.8 Å². The van der Waals surface area contributed by atoms with Gasteiger partial charge in [-0.1, -0.05) is 23.7 Å². The number of ether oxygens (including phenoxy) is 1. The second-order valence-electron chi connectivity index (χ2n) is 8.97. The van der Waals surface area contributed by atoms with Crippen LogP contribution in [0.3, 0.4) is 0 Å². The van der Waals surface area contributed by atoms with Gasteiger partial charge in [-0.2, -0.15) is 13.2 Å². The molecule has 1 aliphatic rings. The van der Waals surface area contributed by atoms with Gasteiger partial charge in [0.05, 0.1) is 31.0 Å². The number of halogens is 4. The van der Waals surface area contributed by atoms with Crippen LogP contribution in [-0.2, 0) is 17.8 Å². The number of amides is 1. The standard InChI is InChI=1S/C25H23ClF3N7O4/c26-17-7-5-16(6-8-17)22-32-35(24(39)34(22)13-20(37)25(27,28)29)14-21-30-15-36(31-21)19-4-2-1-3-18(19)23(38)33-9-11-40-12-10-33/h1-8,15,20,37H,9-14H2/t20-/m0/s1. The highest BCUT2D eigenvalue weighted by Crippen LogP contribution is 2.24. The molecule has 2 aromatic carbocycles. The molecule has 2 aromatic heterocycles. The number of carbonyl (C=O) groups excluding carboxylic acids is 1. The zero-order valence-electron chi connectivity index (χ0n) is 20.8. The highest BCUT2D eigenvalue weighted by molar-refractivity contribution is 6.30. The van der Waals surface area contributed by atoms with Crippen LogP contribution in [0.25, 0.3) is 17.1 Å². The Morgan fingerprint density at radius 3 is 2.48 bits per heavy atom. The van der Waals surface area contributed by atoms with E-state index in [1.807, 2.05) is 0 Å². The summed E-state index contributed by atoms with van der Waals surface area (Å²) in [4.78, 5) is 32.2. The number of aliphatic hydroxyl groups is 1. The van der Waals surface area contributed by atoms with Gasteiger partial charge >= 0.3 is 11.9 Å². The van der Waals surface area contributed by atoms with E-state index in [0.717, 1.165) is 9.25 Å². The first kappa shape index (κ1) is 27.6. The summed E-state index contributed by atoms with van der Waals surface area (Å²) in [5, 5.41) is 18.6. The molecule has 1 aliphatic heterocycles. The summed E-state index contributed by atoms with van der Waals surface area (Å²) in [5.74, 6) is -0.160. The van der Waals surface area contributed by atoms with Crippen molar-refractivity contribution in [2.75, 3.05) is 26.3 Å². The van der Waals surface area contributed by atoms with Crippen molar-refractivity contribution in [2.24, 2.45) is 0 Å². The molecule has 0 unspecified atom stereocenters. The minimum atomic E-state index is -4.94. The van der Waals surface area contributed by atoms with Gasteiger partial charge in [0.15, 0.2) is 17.8 Å². The minimum absolute atomic E-state index is 0.0918. The summed E-state index contributed by atoms with van der Waals surface area (Å²) >= 11 is 5.92. The van der Waals surface area contributed by atoms with Crippen LogP contribution in [0.2, 0.25) is 5.02 Å². The molecule has 15 heteroatoms. The van der Waals surface area contributed by atoms with E-state index in [2.05, 4.69) is 15.2 Å². The highest BCUT2D eigenvalue weighted by Gasteiger charge is 2.39. The van der Waals surface area contributed by atoms with E-state index in [-0.39, 0.29) is 24.1 Å². The lowest BCUT2D eigenvalue weighted by Gasteiger charge is -2.27. The maximum Gasteiger partial charge on any atom is 0.416 e. The van der Waals surface area contributed by atoms with Gasteiger partial charge in [-0.05, 0) is 36.4 Å². The van der Waals surface area contributed by atoms with Gasteiger partial charge in [0.1, 0.15) is 12.9 Å². The molecule has 4 aromatic rings. The van der Waals surface area contributed by atoms with Gasteiger partial charge in [-0.25, -0.2) is 19.1 Å². The monoisotopic (exact) mass is 577 g/mol. The van der Waals surface area contributed by atoms with E-state index in [1.54, 1.807) is 29.2 Å². The number of hydrogen-bond acceptors (Lipinski definition) is 7. The molecule has 0 aliphatic carbocycles. The van der Waals surface area contributed by atoms with Crippen LogP contribution in [0.5, 0.6) is 0 Å². The smallest absolute Gasteiger partial charge is 0.382 e. The predicted octanol–water partition coefficient (Wildman–Crippen LogP) is 2.39. The minimum Gasteiger partial charge on any atom is -0.382 e. The fourth-order valence-electron chi connectivity index (χ4n) is 4.21. The Morgan fingerprint density at radius 2 is 1.77 bits per heavy atom. The molecule has 1 saturated heterocycles. The lowest BCUT2D eigenvalue weighted by atomic mass is 10.1. The second-order valence-corrected chi connectivity index (χ2v) is 9.40. The first-order chi connectivity index (χ1) is 19.1. The Kier molecular flexibility index (Phi) is 7.74. The molecule has 0 saturated carbocycles. The molecule has 5 rings (SSSR count). The molecule has 1 N–H and O–H groups in total. The summed E-state index contributed by atoms with van der Waals surface area (Å²) < 4.78 is 47.7. The number of alkyl halides is 3. The molecular formula is C25H23ClF3N7O4.